The van der Waals surface area contributed by atoms with Crippen LogP contribution in [0.3, 0.4) is 0 Å². The number of aldehydes is 1. The van der Waals surface area contributed by atoms with Gasteiger partial charge < -0.3 is 0 Å². The van der Waals surface area contributed by atoms with Crippen LogP contribution in [0.1, 0.15) is 39.8 Å². The molecule has 3 heteroatoms. The molecule has 0 bridgehead atoms. The predicted molar refractivity (Wildman–Crippen MR) is 72.5 cm³/mol. The molecule has 0 aliphatic carbocycles. The van der Waals surface area contributed by atoms with Crippen LogP contribution in [0.4, 0.5) is 0 Å². The summed E-state index contributed by atoms with van der Waals surface area (Å²) in [5.74, 6) is 0. The van der Waals surface area contributed by atoms with Crippen LogP contribution >= 0.6 is 0 Å². The van der Waals surface area contributed by atoms with Crippen molar-refractivity contribution in [2.45, 2.75) is 34.1 Å². The number of aromatic nitrogens is 2. The van der Waals surface area contributed by atoms with Gasteiger partial charge in [-0.2, -0.15) is 5.10 Å². The Morgan fingerprint density at radius 3 is 2.56 bits per heavy atom. The van der Waals surface area contributed by atoms with Gasteiger partial charge in [0.15, 0.2) is 6.29 Å². The number of benzene rings is 1. The van der Waals surface area contributed by atoms with E-state index in [1.165, 1.54) is 5.56 Å². The molecule has 0 saturated carbocycles. The van der Waals surface area contributed by atoms with Gasteiger partial charge in [0.1, 0.15) is 0 Å². The smallest absolute Gasteiger partial charge is 0.152 e. The van der Waals surface area contributed by atoms with Crippen molar-refractivity contribution in [1.29, 1.82) is 0 Å². The van der Waals surface area contributed by atoms with Crippen LogP contribution in [-0.2, 0) is 6.42 Å². The first-order valence-corrected chi connectivity index (χ1v) is 6.19. The second-order valence-electron chi connectivity index (χ2n) is 4.59. The summed E-state index contributed by atoms with van der Waals surface area (Å²) in [4.78, 5) is 11.2. The molecule has 0 fully saturated rings. The van der Waals surface area contributed by atoms with Gasteiger partial charge >= 0.3 is 0 Å². The molecular formula is C15H18N2O. The minimum absolute atomic E-state index is 0.684. The SMILES string of the molecule is CCc1c(C)nn(-c2ccc(C)cc2C=O)c1C. The minimum atomic E-state index is 0.684. The van der Waals surface area contributed by atoms with Crippen molar-refractivity contribution in [3.63, 3.8) is 0 Å². The van der Waals surface area contributed by atoms with Gasteiger partial charge in [0.2, 0.25) is 0 Å². The Hall–Kier alpha value is -1.90. The standard InChI is InChI=1S/C15H18N2O/c1-5-14-11(3)16-17(12(14)4)15-7-6-10(2)8-13(15)9-18/h6-9H,5H2,1-4H3. The quantitative estimate of drug-likeness (QED) is 0.775. The number of hydrogen-bond donors (Lipinski definition) is 0. The Bertz CT molecular complexity index is 597. The Labute approximate surface area is 107 Å². The lowest BCUT2D eigenvalue weighted by Gasteiger charge is -2.08. The molecule has 18 heavy (non-hydrogen) atoms. The summed E-state index contributed by atoms with van der Waals surface area (Å²) in [6.45, 7) is 8.16. The van der Waals surface area contributed by atoms with E-state index in [9.17, 15) is 4.79 Å². The molecule has 0 aliphatic heterocycles. The summed E-state index contributed by atoms with van der Waals surface area (Å²) in [5.41, 5.74) is 6.03. The third-order valence-corrected chi connectivity index (χ3v) is 3.33. The highest BCUT2D eigenvalue weighted by molar-refractivity contribution is 5.81. The third-order valence-electron chi connectivity index (χ3n) is 3.33. The molecule has 2 aromatic rings. The highest BCUT2D eigenvalue weighted by Gasteiger charge is 2.13. The molecule has 0 radical (unpaired) electrons. The number of carbonyl (C=O) groups excluding carboxylic acids is 1. The Balaban J connectivity index is 2.65. The maximum absolute atomic E-state index is 11.2. The maximum atomic E-state index is 11.2. The van der Waals surface area contributed by atoms with E-state index in [-0.39, 0.29) is 0 Å². The van der Waals surface area contributed by atoms with Gasteiger partial charge in [-0.1, -0.05) is 18.6 Å². The van der Waals surface area contributed by atoms with Crippen molar-refractivity contribution < 1.29 is 4.79 Å². The molecule has 1 aromatic heterocycles. The fourth-order valence-corrected chi connectivity index (χ4v) is 2.38. The van der Waals surface area contributed by atoms with E-state index in [1.54, 1.807) is 0 Å². The predicted octanol–water partition coefficient (Wildman–Crippen LogP) is 3.17. The molecule has 0 unspecified atom stereocenters. The van der Waals surface area contributed by atoms with Gasteiger partial charge in [0, 0.05) is 11.3 Å². The van der Waals surface area contributed by atoms with Gasteiger partial charge in [-0.25, -0.2) is 4.68 Å². The number of rotatable bonds is 3. The Morgan fingerprint density at radius 2 is 2.00 bits per heavy atom. The second kappa shape index (κ2) is 4.77. The van der Waals surface area contributed by atoms with Crippen LogP contribution in [-0.4, -0.2) is 16.1 Å². The van der Waals surface area contributed by atoms with E-state index in [1.807, 2.05) is 43.7 Å². The van der Waals surface area contributed by atoms with Gasteiger partial charge in [0.05, 0.1) is 11.4 Å². The zero-order valence-corrected chi connectivity index (χ0v) is 11.3. The van der Waals surface area contributed by atoms with Crippen LogP contribution in [0.25, 0.3) is 5.69 Å². The highest BCUT2D eigenvalue weighted by Crippen LogP contribution is 2.21. The summed E-state index contributed by atoms with van der Waals surface area (Å²) in [7, 11) is 0. The van der Waals surface area contributed by atoms with Crippen molar-refractivity contribution in [2.75, 3.05) is 0 Å². The van der Waals surface area contributed by atoms with Gasteiger partial charge in [-0.3, -0.25) is 4.79 Å². The fraction of sp³-hybridized carbons (Fsp3) is 0.333. The topological polar surface area (TPSA) is 34.9 Å². The van der Waals surface area contributed by atoms with Crippen molar-refractivity contribution in [1.82, 2.24) is 9.78 Å². The van der Waals surface area contributed by atoms with E-state index >= 15 is 0 Å². The van der Waals surface area contributed by atoms with Crippen LogP contribution in [0.2, 0.25) is 0 Å². The molecule has 0 spiro atoms. The lowest BCUT2D eigenvalue weighted by atomic mass is 10.1. The van der Waals surface area contributed by atoms with E-state index in [2.05, 4.69) is 12.0 Å². The number of aryl methyl sites for hydroxylation is 2. The van der Waals surface area contributed by atoms with Crippen molar-refractivity contribution in [2.24, 2.45) is 0 Å². The van der Waals surface area contributed by atoms with E-state index in [4.69, 9.17) is 0 Å². The zero-order valence-electron chi connectivity index (χ0n) is 11.3. The third kappa shape index (κ3) is 1.96. The highest BCUT2D eigenvalue weighted by atomic mass is 16.1. The van der Waals surface area contributed by atoms with Gasteiger partial charge in [0.25, 0.3) is 0 Å². The summed E-state index contributed by atoms with van der Waals surface area (Å²) < 4.78 is 1.87. The second-order valence-corrected chi connectivity index (χ2v) is 4.59. The molecule has 3 nitrogen and oxygen atoms in total. The molecule has 0 N–H and O–H groups in total. The Kier molecular flexibility index (Phi) is 3.32. The maximum Gasteiger partial charge on any atom is 0.152 e. The first-order chi connectivity index (χ1) is 8.58. The average molecular weight is 242 g/mol. The van der Waals surface area contributed by atoms with Gasteiger partial charge in [-0.15, -0.1) is 0 Å². The summed E-state index contributed by atoms with van der Waals surface area (Å²) in [6, 6.07) is 5.85. The van der Waals surface area contributed by atoms with Crippen LogP contribution in [0.15, 0.2) is 18.2 Å². The van der Waals surface area contributed by atoms with E-state index in [0.717, 1.165) is 35.3 Å². The van der Waals surface area contributed by atoms with Crippen molar-refractivity contribution in [3.8, 4) is 5.69 Å². The number of carbonyl (C=O) groups is 1. The lowest BCUT2D eigenvalue weighted by molar-refractivity contribution is 0.112. The lowest BCUT2D eigenvalue weighted by Crippen LogP contribution is -2.03. The van der Waals surface area contributed by atoms with Crippen molar-refractivity contribution >= 4 is 6.29 Å². The normalized spacial score (nSPS) is 10.7. The van der Waals surface area contributed by atoms with Crippen LogP contribution in [0, 0.1) is 20.8 Å². The first-order valence-electron chi connectivity index (χ1n) is 6.19. The van der Waals surface area contributed by atoms with Gasteiger partial charge in [-0.05, 0) is 44.9 Å². The van der Waals surface area contributed by atoms with E-state index in [0.29, 0.717) is 5.56 Å². The number of hydrogen-bond acceptors (Lipinski definition) is 2. The molecule has 0 saturated heterocycles. The minimum Gasteiger partial charge on any atom is -0.298 e. The fourth-order valence-electron chi connectivity index (χ4n) is 2.38. The van der Waals surface area contributed by atoms with Crippen molar-refractivity contribution in [3.05, 3.63) is 46.3 Å². The van der Waals surface area contributed by atoms with Crippen LogP contribution in [0.5, 0.6) is 0 Å². The molecule has 0 amide bonds. The zero-order chi connectivity index (χ0) is 13.3. The summed E-state index contributed by atoms with van der Waals surface area (Å²) in [6.07, 6.45) is 1.85. The molecule has 0 aliphatic rings. The van der Waals surface area contributed by atoms with Crippen LogP contribution < -0.4 is 0 Å². The largest absolute Gasteiger partial charge is 0.298 e. The average Bonchev–Trinajstić information content (AvgIpc) is 2.64. The Morgan fingerprint density at radius 1 is 1.28 bits per heavy atom. The van der Waals surface area contributed by atoms with E-state index < -0.39 is 0 Å². The molecule has 94 valence electrons. The molecule has 1 heterocycles. The molecular weight excluding hydrogens is 224 g/mol. The monoisotopic (exact) mass is 242 g/mol. The molecule has 0 atom stereocenters. The summed E-state index contributed by atoms with van der Waals surface area (Å²) >= 11 is 0. The number of nitrogens with zero attached hydrogens (tertiary/aromatic N) is 2. The molecule has 1 aromatic carbocycles. The first kappa shape index (κ1) is 12.6. The molecule has 2 rings (SSSR count). The summed E-state index contributed by atoms with van der Waals surface area (Å²) in [5, 5.41) is 4.55.